The van der Waals surface area contributed by atoms with E-state index in [9.17, 15) is 23.1 Å². The number of carboxylic acid groups (broad SMARTS) is 1. The Morgan fingerprint density at radius 2 is 1.83 bits per heavy atom. The largest absolute Gasteiger partial charge is 0.481 e. The van der Waals surface area contributed by atoms with Crippen molar-refractivity contribution in [3.05, 3.63) is 99.8 Å². The number of carboxylic acids is 1. The highest BCUT2D eigenvalue weighted by atomic mass is 35.5. The van der Waals surface area contributed by atoms with Crippen LogP contribution in [0.4, 0.5) is 0 Å². The molecule has 2 unspecified atom stereocenters. The standard InChI is InChI=1S/C31H33Cl2N3O5S/c1-31(16-28(37)38)15-26(23-5-2-6-25(33)14-23)29(22-9-11-24(32)12-10-22)36(30(31)39)27(21-7-8-21)19-35(42(40)41)18-20-4-3-13-34-17-20/h2-6,9-14,17,21,26-27,29,42H,7-8,15-16,18-19H2,1H3,(H,37,38)/t26?,27?,29-,31-/m1/s1. The van der Waals surface area contributed by atoms with Crippen molar-refractivity contribution in [3.63, 3.8) is 0 Å². The predicted molar refractivity (Wildman–Crippen MR) is 162 cm³/mol. The summed E-state index contributed by atoms with van der Waals surface area (Å²) in [7, 11) is -2.98. The minimum Gasteiger partial charge on any atom is -0.481 e. The Bertz CT molecular complexity index is 1510. The van der Waals surface area contributed by atoms with E-state index in [4.69, 9.17) is 23.2 Å². The lowest BCUT2D eigenvalue weighted by molar-refractivity contribution is -0.161. The highest BCUT2D eigenvalue weighted by Gasteiger charge is 2.54. The molecule has 2 aromatic carbocycles. The Labute approximate surface area is 257 Å². The summed E-state index contributed by atoms with van der Waals surface area (Å²) >= 11 is 12.7. The third-order valence-electron chi connectivity index (χ3n) is 8.37. The average Bonchev–Trinajstić information content (AvgIpc) is 3.79. The minimum atomic E-state index is -2.98. The number of carbonyl (C=O) groups excluding carboxylic acids is 1. The molecular formula is C31H33Cl2N3O5S. The number of piperidine rings is 1. The first-order chi connectivity index (χ1) is 20.1. The Kier molecular flexibility index (Phi) is 9.23. The van der Waals surface area contributed by atoms with E-state index in [0.717, 1.165) is 29.5 Å². The molecule has 1 aromatic heterocycles. The molecular weight excluding hydrogens is 597 g/mol. The van der Waals surface area contributed by atoms with E-state index >= 15 is 0 Å². The fourth-order valence-corrected chi connectivity index (χ4v) is 7.20. The van der Waals surface area contributed by atoms with E-state index in [0.29, 0.717) is 10.0 Å². The number of hydrogen-bond donors (Lipinski definition) is 2. The van der Waals surface area contributed by atoms with Gasteiger partial charge in [-0.05, 0) is 72.2 Å². The van der Waals surface area contributed by atoms with Crippen LogP contribution in [0.2, 0.25) is 10.0 Å². The summed E-state index contributed by atoms with van der Waals surface area (Å²) in [5.41, 5.74) is 1.24. The van der Waals surface area contributed by atoms with Crippen LogP contribution in [-0.4, -0.2) is 52.2 Å². The second kappa shape index (κ2) is 12.7. The second-order valence-corrected chi connectivity index (χ2v) is 13.5. The number of aliphatic carboxylic acids is 1. The van der Waals surface area contributed by atoms with E-state index in [1.165, 1.54) is 4.31 Å². The number of hydrogen-bond acceptors (Lipinski definition) is 5. The monoisotopic (exact) mass is 629 g/mol. The molecule has 1 aliphatic heterocycles. The van der Waals surface area contributed by atoms with Crippen LogP contribution in [0.5, 0.6) is 0 Å². The van der Waals surface area contributed by atoms with Crippen LogP contribution >= 0.6 is 23.2 Å². The van der Waals surface area contributed by atoms with Gasteiger partial charge in [-0.15, -0.1) is 0 Å². The quantitative estimate of drug-likeness (QED) is 0.262. The van der Waals surface area contributed by atoms with E-state index in [1.807, 2.05) is 36.4 Å². The Morgan fingerprint density at radius 3 is 2.43 bits per heavy atom. The summed E-state index contributed by atoms with van der Waals surface area (Å²) in [6.07, 6.45) is 4.87. The van der Waals surface area contributed by atoms with Crippen molar-refractivity contribution < 1.29 is 23.1 Å². The molecule has 2 heterocycles. The molecule has 3 aromatic rings. The molecule has 11 heteroatoms. The predicted octanol–water partition coefficient (Wildman–Crippen LogP) is 5.73. The molecule has 1 N–H and O–H groups in total. The van der Waals surface area contributed by atoms with Crippen molar-refractivity contribution in [2.24, 2.45) is 11.3 Å². The maximum absolute atomic E-state index is 14.6. The number of amides is 1. The van der Waals surface area contributed by atoms with Gasteiger partial charge < -0.3 is 10.0 Å². The number of thiol groups is 1. The van der Waals surface area contributed by atoms with Gasteiger partial charge in [0.15, 0.2) is 0 Å². The highest BCUT2D eigenvalue weighted by Crippen LogP contribution is 2.54. The second-order valence-electron chi connectivity index (χ2n) is 11.6. The first-order valence-corrected chi connectivity index (χ1v) is 15.8. The fourth-order valence-electron chi connectivity index (χ4n) is 6.30. The lowest BCUT2D eigenvalue weighted by Crippen LogP contribution is -2.58. The van der Waals surface area contributed by atoms with Gasteiger partial charge in [0.2, 0.25) is 16.8 Å². The number of likely N-dealkylation sites (tertiary alicyclic amines) is 1. The molecule has 1 saturated carbocycles. The molecule has 1 aliphatic carbocycles. The van der Waals surface area contributed by atoms with Gasteiger partial charge >= 0.3 is 5.97 Å². The van der Waals surface area contributed by atoms with Gasteiger partial charge in [0.1, 0.15) is 0 Å². The van der Waals surface area contributed by atoms with Crippen LogP contribution in [0, 0.1) is 11.3 Å². The van der Waals surface area contributed by atoms with Crippen LogP contribution in [0.15, 0.2) is 73.1 Å². The zero-order chi connectivity index (χ0) is 30.0. The zero-order valence-corrected chi connectivity index (χ0v) is 25.5. The van der Waals surface area contributed by atoms with Crippen LogP contribution in [0.25, 0.3) is 0 Å². The molecule has 2 aliphatic rings. The van der Waals surface area contributed by atoms with E-state index in [-0.39, 0.29) is 43.7 Å². The Morgan fingerprint density at radius 1 is 1.10 bits per heavy atom. The van der Waals surface area contributed by atoms with Crippen molar-refractivity contribution in [3.8, 4) is 0 Å². The van der Waals surface area contributed by atoms with Crippen LogP contribution < -0.4 is 0 Å². The zero-order valence-electron chi connectivity index (χ0n) is 23.1. The van der Waals surface area contributed by atoms with Crippen molar-refractivity contribution in [1.82, 2.24) is 14.2 Å². The normalized spacial score (nSPS) is 23.4. The van der Waals surface area contributed by atoms with Gasteiger partial charge in [0.25, 0.3) is 0 Å². The van der Waals surface area contributed by atoms with E-state index in [1.54, 1.807) is 48.5 Å². The fraction of sp³-hybridized carbons (Fsp3) is 0.387. The number of pyridine rings is 1. The van der Waals surface area contributed by atoms with Crippen molar-refractivity contribution in [1.29, 1.82) is 0 Å². The molecule has 8 nitrogen and oxygen atoms in total. The average molecular weight is 631 g/mol. The maximum atomic E-state index is 14.6. The van der Waals surface area contributed by atoms with Gasteiger partial charge in [-0.25, -0.2) is 8.42 Å². The third kappa shape index (κ3) is 6.80. The van der Waals surface area contributed by atoms with Gasteiger partial charge in [-0.3, -0.25) is 14.6 Å². The lowest BCUT2D eigenvalue weighted by atomic mass is 9.67. The van der Waals surface area contributed by atoms with Crippen LogP contribution in [0.1, 0.15) is 61.3 Å². The van der Waals surface area contributed by atoms with Crippen molar-refractivity contribution in [2.75, 3.05) is 6.54 Å². The molecule has 222 valence electrons. The summed E-state index contributed by atoms with van der Waals surface area (Å²) in [6.45, 7) is 1.91. The first-order valence-electron chi connectivity index (χ1n) is 13.9. The molecule has 1 amide bonds. The number of carbonyl (C=O) groups is 2. The number of aromatic nitrogens is 1. The highest BCUT2D eigenvalue weighted by molar-refractivity contribution is 7.69. The van der Waals surface area contributed by atoms with E-state index in [2.05, 4.69) is 4.98 Å². The summed E-state index contributed by atoms with van der Waals surface area (Å²) in [5, 5.41) is 11.0. The van der Waals surface area contributed by atoms with Crippen LogP contribution in [0.3, 0.4) is 0 Å². The van der Waals surface area contributed by atoms with E-state index < -0.39 is 34.4 Å². The maximum Gasteiger partial charge on any atom is 0.304 e. The SMILES string of the molecule is C[C@]1(CC(=O)O)CC(c2cccc(Cl)c2)[C@@H](c2ccc(Cl)cc2)N(C(CN(Cc2cccnc2)[SH](=O)=O)C2CC2)C1=O. The minimum absolute atomic E-state index is 0.0716. The summed E-state index contributed by atoms with van der Waals surface area (Å²) in [4.78, 5) is 32.6. The smallest absolute Gasteiger partial charge is 0.304 e. The number of nitrogens with zero attached hydrogens (tertiary/aromatic N) is 3. The molecule has 4 atom stereocenters. The van der Waals surface area contributed by atoms with Crippen molar-refractivity contribution in [2.45, 2.75) is 57.2 Å². The summed E-state index contributed by atoms with van der Waals surface area (Å²) < 4.78 is 26.5. The lowest BCUT2D eigenvalue weighted by Gasteiger charge is -2.52. The first kappa shape index (κ1) is 30.5. The third-order valence-corrected chi connectivity index (χ3v) is 9.63. The Balaban J connectivity index is 1.64. The number of rotatable bonds is 11. The summed E-state index contributed by atoms with van der Waals surface area (Å²) in [5.74, 6) is -1.59. The molecule has 0 bridgehead atoms. The van der Waals surface area contributed by atoms with Crippen LogP contribution in [-0.2, 0) is 27.0 Å². The molecule has 42 heavy (non-hydrogen) atoms. The van der Waals surface area contributed by atoms with Gasteiger partial charge in [0.05, 0.1) is 17.9 Å². The molecule has 1 saturated heterocycles. The van der Waals surface area contributed by atoms with Gasteiger partial charge in [-0.1, -0.05) is 60.5 Å². The molecule has 0 radical (unpaired) electrons. The molecule has 0 spiro atoms. The number of halogens is 2. The number of benzene rings is 2. The topological polar surface area (TPSA) is 108 Å². The molecule has 5 rings (SSSR count). The Hall–Kier alpha value is -2.98. The van der Waals surface area contributed by atoms with Crippen molar-refractivity contribution >= 4 is 46.0 Å². The summed E-state index contributed by atoms with van der Waals surface area (Å²) in [6, 6.07) is 17.3. The molecule has 2 fully saturated rings. The van der Waals surface area contributed by atoms with Gasteiger partial charge in [0, 0.05) is 47.5 Å². The van der Waals surface area contributed by atoms with Gasteiger partial charge in [-0.2, -0.15) is 4.31 Å².